The lowest BCUT2D eigenvalue weighted by atomic mass is 10.1. The van der Waals surface area contributed by atoms with Gasteiger partial charge in [0.25, 0.3) is 0 Å². The molecule has 2 N–H and O–H groups in total. The molecule has 0 bridgehead atoms. The van der Waals surface area contributed by atoms with Crippen molar-refractivity contribution >= 4 is 15.9 Å². The second kappa shape index (κ2) is 7.76. The molecule has 23 heavy (non-hydrogen) atoms. The average molecular weight is 342 g/mol. The number of methoxy groups -OCH3 is 1. The molecule has 1 unspecified atom stereocenters. The number of carbonyl (C=O) groups is 1. The predicted octanol–water partition coefficient (Wildman–Crippen LogP) is 0.740. The van der Waals surface area contributed by atoms with Gasteiger partial charge in [0.15, 0.2) is 0 Å². The first-order chi connectivity index (χ1) is 10.9. The van der Waals surface area contributed by atoms with E-state index < -0.39 is 15.9 Å². The summed E-state index contributed by atoms with van der Waals surface area (Å²) in [7, 11) is -2.08. The molecule has 8 heteroatoms. The van der Waals surface area contributed by atoms with Crippen molar-refractivity contribution < 1.29 is 22.7 Å². The summed E-state index contributed by atoms with van der Waals surface area (Å²) in [6, 6.07) is 6.02. The standard InChI is InChI=1S/C15H22N2O5S/c1-21-13-5-7-14(8-6-13)23(19,20)17-9-3-2-4-12(17)10-22-11-15(16)18/h5-8,12H,2-4,9-11H2,1H3,(H2,16,18). The van der Waals surface area contributed by atoms with Gasteiger partial charge in [0.1, 0.15) is 12.4 Å². The van der Waals surface area contributed by atoms with Crippen LogP contribution in [0, 0.1) is 0 Å². The molecule has 0 aliphatic carbocycles. The highest BCUT2D eigenvalue weighted by atomic mass is 32.2. The Bertz CT molecular complexity index is 630. The average Bonchev–Trinajstić information content (AvgIpc) is 2.55. The first-order valence-electron chi connectivity index (χ1n) is 7.47. The fourth-order valence-electron chi connectivity index (χ4n) is 2.64. The normalized spacial score (nSPS) is 19.4. The van der Waals surface area contributed by atoms with Crippen LogP contribution in [0.2, 0.25) is 0 Å². The molecule has 128 valence electrons. The quantitative estimate of drug-likeness (QED) is 0.788. The summed E-state index contributed by atoms with van der Waals surface area (Å²) in [4.78, 5) is 11.0. The highest BCUT2D eigenvalue weighted by Gasteiger charge is 2.33. The van der Waals surface area contributed by atoms with Crippen LogP contribution in [0.3, 0.4) is 0 Å². The Labute approximate surface area is 136 Å². The summed E-state index contributed by atoms with van der Waals surface area (Å²) < 4.78 is 37.4. The van der Waals surface area contributed by atoms with E-state index in [1.54, 1.807) is 12.1 Å². The van der Waals surface area contributed by atoms with E-state index >= 15 is 0 Å². The number of benzene rings is 1. The SMILES string of the molecule is COc1ccc(S(=O)(=O)N2CCCCC2COCC(N)=O)cc1. The summed E-state index contributed by atoms with van der Waals surface area (Å²) >= 11 is 0. The minimum Gasteiger partial charge on any atom is -0.497 e. The molecule has 1 aliphatic rings. The number of ether oxygens (including phenoxy) is 2. The molecule has 1 atom stereocenters. The molecule has 1 aliphatic heterocycles. The van der Waals surface area contributed by atoms with E-state index in [0.717, 1.165) is 12.8 Å². The van der Waals surface area contributed by atoms with Crippen molar-refractivity contribution in [1.29, 1.82) is 0 Å². The van der Waals surface area contributed by atoms with E-state index in [1.807, 2.05) is 0 Å². The van der Waals surface area contributed by atoms with Gasteiger partial charge in [-0.3, -0.25) is 4.79 Å². The second-order valence-electron chi connectivity index (χ2n) is 5.42. The zero-order valence-electron chi connectivity index (χ0n) is 13.1. The van der Waals surface area contributed by atoms with Crippen molar-refractivity contribution in [2.45, 2.75) is 30.2 Å². The molecule has 2 rings (SSSR count). The maximum Gasteiger partial charge on any atom is 0.243 e. The first kappa shape index (κ1) is 17.7. The number of carbonyl (C=O) groups excluding carboxylic acids is 1. The summed E-state index contributed by atoms with van der Waals surface area (Å²) in [5.41, 5.74) is 5.04. The second-order valence-corrected chi connectivity index (χ2v) is 7.31. The van der Waals surface area contributed by atoms with Crippen molar-refractivity contribution in [3.05, 3.63) is 24.3 Å². The maximum atomic E-state index is 12.8. The van der Waals surface area contributed by atoms with Crippen molar-refractivity contribution in [3.8, 4) is 5.75 Å². The largest absolute Gasteiger partial charge is 0.497 e. The molecular formula is C15H22N2O5S. The van der Waals surface area contributed by atoms with Crippen LogP contribution in [0.5, 0.6) is 5.75 Å². The van der Waals surface area contributed by atoms with Crippen LogP contribution in [-0.4, -0.2) is 51.5 Å². The molecule has 0 radical (unpaired) electrons. The van der Waals surface area contributed by atoms with Crippen molar-refractivity contribution in [3.63, 3.8) is 0 Å². The van der Waals surface area contributed by atoms with E-state index in [-0.39, 0.29) is 24.2 Å². The van der Waals surface area contributed by atoms with Gasteiger partial charge in [-0.25, -0.2) is 8.42 Å². The highest BCUT2D eigenvalue weighted by Crippen LogP contribution is 2.26. The molecule has 1 saturated heterocycles. The van der Waals surface area contributed by atoms with Gasteiger partial charge in [-0.1, -0.05) is 6.42 Å². The molecule has 7 nitrogen and oxygen atoms in total. The minimum atomic E-state index is -3.61. The Balaban J connectivity index is 2.14. The van der Waals surface area contributed by atoms with Crippen molar-refractivity contribution in [2.24, 2.45) is 5.73 Å². The lowest BCUT2D eigenvalue weighted by Gasteiger charge is -2.34. The van der Waals surface area contributed by atoms with Crippen LogP contribution in [0.4, 0.5) is 0 Å². The van der Waals surface area contributed by atoms with Gasteiger partial charge in [-0.2, -0.15) is 4.31 Å². The molecule has 0 aromatic heterocycles. The summed E-state index contributed by atoms with van der Waals surface area (Å²) in [5, 5.41) is 0. The van der Waals surface area contributed by atoms with Crippen LogP contribution in [0.25, 0.3) is 0 Å². The van der Waals surface area contributed by atoms with E-state index in [1.165, 1.54) is 23.5 Å². The van der Waals surface area contributed by atoms with Crippen LogP contribution in [0.1, 0.15) is 19.3 Å². The third-order valence-electron chi connectivity index (χ3n) is 3.79. The Hall–Kier alpha value is -1.64. The number of nitrogens with two attached hydrogens (primary N) is 1. The lowest BCUT2D eigenvalue weighted by molar-refractivity contribution is -0.123. The van der Waals surface area contributed by atoms with Crippen LogP contribution < -0.4 is 10.5 Å². The van der Waals surface area contributed by atoms with Gasteiger partial charge in [0.2, 0.25) is 15.9 Å². The number of rotatable bonds is 7. The smallest absolute Gasteiger partial charge is 0.243 e. The molecule has 1 heterocycles. The monoisotopic (exact) mass is 342 g/mol. The van der Waals surface area contributed by atoms with Gasteiger partial charge in [0.05, 0.1) is 18.6 Å². The fourth-order valence-corrected chi connectivity index (χ4v) is 4.31. The minimum absolute atomic E-state index is 0.165. The number of sulfonamides is 1. The molecule has 1 aromatic rings. The van der Waals surface area contributed by atoms with E-state index in [9.17, 15) is 13.2 Å². The Kier molecular flexibility index (Phi) is 5.97. The summed E-state index contributed by atoms with van der Waals surface area (Å²) in [6.45, 7) is 0.407. The Morgan fingerprint density at radius 3 is 2.61 bits per heavy atom. The lowest BCUT2D eigenvalue weighted by Crippen LogP contribution is -2.46. The van der Waals surface area contributed by atoms with Gasteiger partial charge >= 0.3 is 0 Å². The molecule has 0 spiro atoms. The zero-order valence-corrected chi connectivity index (χ0v) is 13.9. The number of hydrogen-bond donors (Lipinski definition) is 1. The number of nitrogens with zero attached hydrogens (tertiary/aromatic N) is 1. The van der Waals surface area contributed by atoms with Crippen LogP contribution >= 0.6 is 0 Å². The topological polar surface area (TPSA) is 98.9 Å². The Morgan fingerprint density at radius 2 is 2.00 bits per heavy atom. The first-order valence-corrected chi connectivity index (χ1v) is 8.91. The predicted molar refractivity (Wildman–Crippen MR) is 84.5 cm³/mol. The van der Waals surface area contributed by atoms with Gasteiger partial charge in [-0.05, 0) is 37.1 Å². The van der Waals surface area contributed by atoms with E-state index in [4.69, 9.17) is 15.2 Å². The zero-order chi connectivity index (χ0) is 16.9. The van der Waals surface area contributed by atoms with Crippen LogP contribution in [-0.2, 0) is 19.6 Å². The number of primary amides is 1. The van der Waals surface area contributed by atoms with Gasteiger partial charge < -0.3 is 15.2 Å². The Morgan fingerprint density at radius 1 is 1.30 bits per heavy atom. The molecule has 1 fully saturated rings. The van der Waals surface area contributed by atoms with Crippen molar-refractivity contribution in [1.82, 2.24) is 4.31 Å². The third kappa shape index (κ3) is 4.43. The highest BCUT2D eigenvalue weighted by molar-refractivity contribution is 7.89. The molecule has 1 aromatic carbocycles. The molecular weight excluding hydrogens is 320 g/mol. The van der Waals surface area contributed by atoms with Crippen molar-refractivity contribution in [2.75, 3.05) is 26.9 Å². The maximum absolute atomic E-state index is 12.8. The molecule has 1 amide bonds. The molecule has 0 saturated carbocycles. The van der Waals surface area contributed by atoms with Gasteiger partial charge in [0, 0.05) is 12.6 Å². The van der Waals surface area contributed by atoms with Gasteiger partial charge in [-0.15, -0.1) is 0 Å². The fraction of sp³-hybridized carbons (Fsp3) is 0.533. The third-order valence-corrected chi connectivity index (χ3v) is 5.76. The number of piperidine rings is 1. The van der Waals surface area contributed by atoms with Crippen LogP contribution in [0.15, 0.2) is 29.2 Å². The number of hydrogen-bond acceptors (Lipinski definition) is 5. The van der Waals surface area contributed by atoms with E-state index in [2.05, 4.69) is 0 Å². The number of amides is 1. The summed E-state index contributed by atoms with van der Waals surface area (Å²) in [6.07, 6.45) is 2.44. The summed E-state index contributed by atoms with van der Waals surface area (Å²) in [5.74, 6) is 0.0364. The van der Waals surface area contributed by atoms with E-state index in [0.29, 0.717) is 18.7 Å².